The zero-order chi connectivity index (χ0) is 18.6. The van der Waals surface area contributed by atoms with Gasteiger partial charge in [0.2, 0.25) is 5.91 Å². The van der Waals surface area contributed by atoms with Crippen LogP contribution in [0.4, 0.5) is 5.69 Å². The molecule has 3 aromatic rings. The standard InChI is InChI=1S/C20H19IN4OS/c21-16-7-4-8-17(11-16)22-18(26)13-27-20-24-23-19(15-9-10-15)25(20)12-14-5-2-1-3-6-14/h1-8,11,15H,9-10,12-13H2,(H,22,26). The summed E-state index contributed by atoms with van der Waals surface area (Å²) in [5.41, 5.74) is 2.03. The molecule has 5 nitrogen and oxygen atoms in total. The maximum Gasteiger partial charge on any atom is 0.234 e. The van der Waals surface area contributed by atoms with Gasteiger partial charge < -0.3 is 9.88 Å². The Balaban J connectivity index is 1.44. The molecule has 0 saturated heterocycles. The van der Waals surface area contributed by atoms with Gasteiger partial charge in [-0.05, 0) is 59.2 Å². The van der Waals surface area contributed by atoms with E-state index in [-0.39, 0.29) is 5.91 Å². The minimum atomic E-state index is -0.0377. The van der Waals surface area contributed by atoms with E-state index < -0.39 is 0 Å². The van der Waals surface area contributed by atoms with E-state index in [0.29, 0.717) is 11.7 Å². The van der Waals surface area contributed by atoms with Crippen molar-refractivity contribution in [3.05, 3.63) is 69.6 Å². The molecule has 0 bridgehead atoms. The third kappa shape index (κ3) is 4.90. The second-order valence-electron chi connectivity index (χ2n) is 6.53. The first kappa shape index (κ1) is 18.5. The van der Waals surface area contributed by atoms with Gasteiger partial charge in [0.15, 0.2) is 5.16 Å². The molecule has 2 aromatic carbocycles. The molecule has 1 saturated carbocycles. The lowest BCUT2D eigenvalue weighted by atomic mass is 10.2. The van der Waals surface area contributed by atoms with Crippen LogP contribution in [0.2, 0.25) is 0 Å². The predicted octanol–water partition coefficient (Wildman–Crippen LogP) is 4.54. The Morgan fingerprint density at radius 1 is 1.15 bits per heavy atom. The monoisotopic (exact) mass is 490 g/mol. The Labute approximate surface area is 176 Å². The van der Waals surface area contributed by atoms with Crippen LogP contribution in [0.15, 0.2) is 59.8 Å². The van der Waals surface area contributed by atoms with Crippen LogP contribution in [0.25, 0.3) is 0 Å². The maximum atomic E-state index is 12.3. The molecule has 1 N–H and O–H groups in total. The summed E-state index contributed by atoms with van der Waals surface area (Å²) in [6.45, 7) is 0.737. The average molecular weight is 490 g/mol. The molecule has 7 heteroatoms. The quantitative estimate of drug-likeness (QED) is 0.391. The number of carbonyl (C=O) groups is 1. The zero-order valence-corrected chi connectivity index (χ0v) is 17.6. The van der Waals surface area contributed by atoms with Crippen molar-refractivity contribution in [3.63, 3.8) is 0 Å². The average Bonchev–Trinajstić information content (AvgIpc) is 3.43. The van der Waals surface area contributed by atoms with Crippen LogP contribution in [-0.4, -0.2) is 26.4 Å². The second kappa shape index (κ2) is 8.43. The number of nitrogens with one attached hydrogen (secondary N) is 1. The maximum absolute atomic E-state index is 12.3. The molecule has 4 rings (SSSR count). The Morgan fingerprint density at radius 2 is 1.96 bits per heavy atom. The highest BCUT2D eigenvalue weighted by Gasteiger charge is 2.30. The highest BCUT2D eigenvalue weighted by atomic mass is 127. The number of rotatable bonds is 7. The number of thioether (sulfide) groups is 1. The number of hydrogen-bond acceptors (Lipinski definition) is 4. The number of amides is 1. The molecule has 27 heavy (non-hydrogen) atoms. The van der Waals surface area contributed by atoms with Crippen molar-refractivity contribution < 1.29 is 4.79 Å². The number of halogens is 1. The van der Waals surface area contributed by atoms with Crippen molar-refractivity contribution in [1.82, 2.24) is 14.8 Å². The highest BCUT2D eigenvalue weighted by molar-refractivity contribution is 14.1. The molecule has 1 aliphatic carbocycles. The van der Waals surface area contributed by atoms with Gasteiger partial charge >= 0.3 is 0 Å². The second-order valence-corrected chi connectivity index (χ2v) is 8.72. The van der Waals surface area contributed by atoms with Gasteiger partial charge in [0, 0.05) is 15.2 Å². The van der Waals surface area contributed by atoms with Gasteiger partial charge in [-0.2, -0.15) is 0 Å². The van der Waals surface area contributed by atoms with Crippen molar-refractivity contribution in [1.29, 1.82) is 0 Å². The van der Waals surface area contributed by atoms with Gasteiger partial charge in [-0.15, -0.1) is 10.2 Å². The van der Waals surface area contributed by atoms with E-state index >= 15 is 0 Å². The Hall–Kier alpha value is -1.87. The molecule has 0 spiro atoms. The first-order valence-corrected chi connectivity index (χ1v) is 10.9. The lowest BCUT2D eigenvalue weighted by molar-refractivity contribution is -0.113. The van der Waals surface area contributed by atoms with E-state index in [9.17, 15) is 4.79 Å². The summed E-state index contributed by atoms with van der Waals surface area (Å²) < 4.78 is 3.26. The van der Waals surface area contributed by atoms with Crippen molar-refractivity contribution in [2.24, 2.45) is 0 Å². The van der Waals surface area contributed by atoms with Gasteiger partial charge in [0.25, 0.3) is 0 Å². The van der Waals surface area contributed by atoms with Gasteiger partial charge in [-0.3, -0.25) is 4.79 Å². The summed E-state index contributed by atoms with van der Waals surface area (Å²) >= 11 is 3.67. The Morgan fingerprint density at radius 3 is 2.70 bits per heavy atom. The van der Waals surface area contributed by atoms with E-state index in [1.165, 1.54) is 30.2 Å². The normalized spacial score (nSPS) is 13.5. The van der Waals surface area contributed by atoms with Crippen molar-refractivity contribution in [2.45, 2.75) is 30.5 Å². The summed E-state index contributed by atoms with van der Waals surface area (Å²) in [5, 5.41) is 12.5. The summed E-state index contributed by atoms with van der Waals surface area (Å²) in [5.74, 6) is 1.82. The Kier molecular flexibility index (Phi) is 5.77. The highest BCUT2D eigenvalue weighted by Crippen LogP contribution is 2.40. The van der Waals surface area contributed by atoms with Crippen LogP contribution < -0.4 is 5.32 Å². The SMILES string of the molecule is O=C(CSc1nnc(C2CC2)n1Cc1ccccc1)Nc1cccc(I)c1. The number of benzene rings is 2. The van der Waals surface area contributed by atoms with Crippen molar-refractivity contribution in [2.75, 3.05) is 11.1 Å². The van der Waals surface area contributed by atoms with Crippen LogP contribution in [0, 0.1) is 3.57 Å². The van der Waals surface area contributed by atoms with E-state index in [1.54, 1.807) is 0 Å². The van der Waals surface area contributed by atoms with E-state index in [4.69, 9.17) is 0 Å². The third-order valence-electron chi connectivity index (χ3n) is 4.31. The molecule has 0 unspecified atom stereocenters. The summed E-state index contributed by atoms with van der Waals surface area (Å²) in [6, 6.07) is 18.1. The van der Waals surface area contributed by atoms with Crippen LogP contribution in [0.1, 0.15) is 30.1 Å². The summed E-state index contributed by atoms with van der Waals surface area (Å²) in [6.07, 6.45) is 2.34. The van der Waals surface area contributed by atoms with E-state index in [0.717, 1.165) is 26.8 Å². The van der Waals surface area contributed by atoms with Crippen LogP contribution in [0.3, 0.4) is 0 Å². The molecule has 1 heterocycles. The molecule has 1 aromatic heterocycles. The molecule has 1 amide bonds. The number of nitrogens with zero attached hydrogens (tertiary/aromatic N) is 3. The number of hydrogen-bond donors (Lipinski definition) is 1. The minimum absolute atomic E-state index is 0.0377. The lowest BCUT2D eigenvalue weighted by Gasteiger charge is -2.10. The van der Waals surface area contributed by atoms with Crippen LogP contribution >= 0.6 is 34.4 Å². The van der Waals surface area contributed by atoms with Crippen molar-refractivity contribution in [3.8, 4) is 0 Å². The summed E-state index contributed by atoms with van der Waals surface area (Å²) in [4.78, 5) is 12.3. The fraction of sp³-hybridized carbons (Fsp3) is 0.250. The fourth-order valence-electron chi connectivity index (χ4n) is 2.86. The number of carbonyl (C=O) groups excluding carboxylic acids is 1. The summed E-state index contributed by atoms with van der Waals surface area (Å²) in [7, 11) is 0. The van der Waals surface area contributed by atoms with Crippen molar-refractivity contribution >= 4 is 45.9 Å². The Bertz CT molecular complexity index is 940. The van der Waals surface area contributed by atoms with E-state index in [1.807, 2.05) is 42.5 Å². The third-order valence-corrected chi connectivity index (χ3v) is 5.95. The van der Waals surface area contributed by atoms with Gasteiger partial charge in [-0.25, -0.2) is 0 Å². The molecular formula is C20H19IN4OS. The van der Waals surface area contributed by atoms with Crippen LogP contribution in [-0.2, 0) is 11.3 Å². The molecule has 0 radical (unpaired) electrons. The first-order valence-electron chi connectivity index (χ1n) is 8.84. The smallest absolute Gasteiger partial charge is 0.234 e. The van der Waals surface area contributed by atoms with E-state index in [2.05, 4.69) is 54.8 Å². The first-order chi connectivity index (χ1) is 13.2. The molecule has 0 atom stereocenters. The van der Waals surface area contributed by atoms with Gasteiger partial charge in [-0.1, -0.05) is 48.2 Å². The van der Waals surface area contributed by atoms with Gasteiger partial charge in [0.1, 0.15) is 5.82 Å². The molecule has 1 fully saturated rings. The molecule has 138 valence electrons. The molecular weight excluding hydrogens is 471 g/mol. The largest absolute Gasteiger partial charge is 0.325 e. The minimum Gasteiger partial charge on any atom is -0.325 e. The lowest BCUT2D eigenvalue weighted by Crippen LogP contribution is -2.15. The fourth-order valence-corrected chi connectivity index (χ4v) is 4.15. The predicted molar refractivity (Wildman–Crippen MR) is 116 cm³/mol. The number of anilines is 1. The van der Waals surface area contributed by atoms with Gasteiger partial charge in [0.05, 0.1) is 12.3 Å². The number of aromatic nitrogens is 3. The zero-order valence-electron chi connectivity index (χ0n) is 14.6. The van der Waals surface area contributed by atoms with Crippen LogP contribution in [0.5, 0.6) is 0 Å². The molecule has 0 aliphatic heterocycles. The topological polar surface area (TPSA) is 59.8 Å². The molecule has 1 aliphatic rings.